The molecule has 0 radical (unpaired) electrons. The Hall–Kier alpha value is -2.54. The van der Waals surface area contributed by atoms with Crippen molar-refractivity contribution in [3.8, 4) is 0 Å². The Morgan fingerprint density at radius 3 is 1.50 bits per heavy atom. The minimum atomic E-state index is -0.465. The van der Waals surface area contributed by atoms with Crippen LogP contribution in [-0.4, -0.2) is 46.1 Å². The van der Waals surface area contributed by atoms with Crippen molar-refractivity contribution in [1.29, 1.82) is 0 Å². The van der Waals surface area contributed by atoms with Gasteiger partial charge in [-0.3, -0.25) is 10.2 Å². The standard InChI is InChI=1S/C27H34N2O3/c1-2-29-32-23-22-31-21-20-30-19-18-28-27(24-12-6-3-7-13-24,25-14-8-4-9-15-25)26-16-10-5-11-17-26/h3-17,28-29H,2,18-23H2,1H3. The first-order valence-corrected chi connectivity index (χ1v) is 11.3. The third-order valence-corrected chi connectivity index (χ3v) is 5.21. The molecule has 3 rings (SSSR count). The zero-order valence-electron chi connectivity index (χ0n) is 18.8. The molecule has 32 heavy (non-hydrogen) atoms. The predicted octanol–water partition coefficient (Wildman–Crippen LogP) is 4.14. The van der Waals surface area contributed by atoms with Crippen LogP contribution in [-0.2, 0) is 19.9 Å². The number of nitrogens with one attached hydrogen (secondary N) is 2. The van der Waals surface area contributed by atoms with Crippen molar-refractivity contribution in [3.05, 3.63) is 108 Å². The molecule has 2 N–H and O–H groups in total. The summed E-state index contributed by atoms with van der Waals surface area (Å²) in [5, 5.41) is 3.81. The molecule has 0 bridgehead atoms. The number of hydroxylamine groups is 1. The van der Waals surface area contributed by atoms with Crippen LogP contribution in [0.3, 0.4) is 0 Å². The first kappa shape index (κ1) is 24.1. The van der Waals surface area contributed by atoms with Crippen LogP contribution in [0.5, 0.6) is 0 Å². The molecule has 0 aliphatic carbocycles. The molecule has 0 heterocycles. The van der Waals surface area contributed by atoms with E-state index in [4.69, 9.17) is 14.3 Å². The number of ether oxygens (including phenoxy) is 2. The van der Waals surface area contributed by atoms with Crippen molar-refractivity contribution in [1.82, 2.24) is 10.8 Å². The van der Waals surface area contributed by atoms with E-state index in [0.717, 1.165) is 6.54 Å². The maximum atomic E-state index is 5.82. The molecule has 0 aliphatic heterocycles. The topological polar surface area (TPSA) is 51.8 Å². The summed E-state index contributed by atoms with van der Waals surface area (Å²) in [4.78, 5) is 5.17. The summed E-state index contributed by atoms with van der Waals surface area (Å²) in [7, 11) is 0. The zero-order chi connectivity index (χ0) is 22.3. The van der Waals surface area contributed by atoms with Crippen molar-refractivity contribution >= 4 is 0 Å². The third-order valence-electron chi connectivity index (χ3n) is 5.21. The molecule has 5 heteroatoms. The van der Waals surface area contributed by atoms with Gasteiger partial charge >= 0.3 is 0 Å². The van der Waals surface area contributed by atoms with E-state index in [1.807, 2.05) is 6.92 Å². The quantitative estimate of drug-likeness (QED) is 0.214. The fourth-order valence-electron chi connectivity index (χ4n) is 3.78. The lowest BCUT2D eigenvalue weighted by Crippen LogP contribution is -2.46. The highest BCUT2D eigenvalue weighted by molar-refractivity contribution is 5.49. The van der Waals surface area contributed by atoms with Crippen LogP contribution in [0.25, 0.3) is 0 Å². The normalized spacial score (nSPS) is 11.5. The first-order chi connectivity index (χ1) is 15.9. The predicted molar refractivity (Wildman–Crippen MR) is 128 cm³/mol. The fourth-order valence-corrected chi connectivity index (χ4v) is 3.78. The van der Waals surface area contributed by atoms with Crippen LogP contribution in [0, 0.1) is 0 Å². The molecular formula is C27H34N2O3. The molecule has 3 aromatic carbocycles. The Bertz CT molecular complexity index is 763. The smallest absolute Gasteiger partial charge is 0.0948 e. The van der Waals surface area contributed by atoms with Gasteiger partial charge in [0.2, 0.25) is 0 Å². The van der Waals surface area contributed by atoms with Crippen LogP contribution < -0.4 is 10.8 Å². The van der Waals surface area contributed by atoms with E-state index in [-0.39, 0.29) is 0 Å². The Morgan fingerprint density at radius 2 is 1.03 bits per heavy atom. The summed E-state index contributed by atoms with van der Waals surface area (Å²) >= 11 is 0. The van der Waals surface area contributed by atoms with E-state index in [1.165, 1.54) is 16.7 Å². The number of hydrogen-bond donors (Lipinski definition) is 2. The third kappa shape index (κ3) is 6.73. The lowest BCUT2D eigenvalue weighted by molar-refractivity contribution is -0.0167. The molecule has 0 atom stereocenters. The van der Waals surface area contributed by atoms with E-state index < -0.39 is 5.54 Å². The molecule has 5 nitrogen and oxygen atoms in total. The SMILES string of the molecule is CCNOCCOCCOCCNC(c1ccccc1)(c1ccccc1)c1ccccc1. The Morgan fingerprint density at radius 1 is 0.594 bits per heavy atom. The van der Waals surface area contributed by atoms with Gasteiger partial charge in [0.05, 0.1) is 38.6 Å². The van der Waals surface area contributed by atoms with Crippen molar-refractivity contribution in [2.45, 2.75) is 12.5 Å². The number of benzene rings is 3. The van der Waals surface area contributed by atoms with Gasteiger partial charge in [-0.2, -0.15) is 0 Å². The highest BCUT2D eigenvalue weighted by Crippen LogP contribution is 2.36. The van der Waals surface area contributed by atoms with Gasteiger partial charge in [0.1, 0.15) is 0 Å². The average molecular weight is 435 g/mol. The number of hydrogen-bond acceptors (Lipinski definition) is 5. The lowest BCUT2D eigenvalue weighted by Gasteiger charge is -2.37. The number of rotatable bonds is 15. The Balaban J connectivity index is 1.64. The molecule has 0 amide bonds. The van der Waals surface area contributed by atoms with Crippen LogP contribution in [0.4, 0.5) is 0 Å². The minimum absolute atomic E-state index is 0.465. The highest BCUT2D eigenvalue weighted by Gasteiger charge is 2.35. The van der Waals surface area contributed by atoms with Crippen LogP contribution >= 0.6 is 0 Å². The summed E-state index contributed by atoms with van der Waals surface area (Å²) in [6, 6.07) is 31.8. The molecular weight excluding hydrogens is 400 g/mol. The van der Waals surface area contributed by atoms with Crippen LogP contribution in [0.15, 0.2) is 91.0 Å². The van der Waals surface area contributed by atoms with Crippen LogP contribution in [0.1, 0.15) is 23.6 Å². The second-order valence-corrected chi connectivity index (χ2v) is 7.35. The maximum absolute atomic E-state index is 5.82. The molecule has 0 unspecified atom stereocenters. The van der Waals surface area contributed by atoms with Gasteiger partial charge < -0.3 is 9.47 Å². The van der Waals surface area contributed by atoms with Crippen molar-refractivity contribution in [2.24, 2.45) is 0 Å². The van der Waals surface area contributed by atoms with E-state index in [0.29, 0.717) is 39.6 Å². The molecule has 170 valence electrons. The fraction of sp³-hybridized carbons (Fsp3) is 0.333. The van der Waals surface area contributed by atoms with Crippen molar-refractivity contribution in [3.63, 3.8) is 0 Å². The van der Waals surface area contributed by atoms with E-state index in [2.05, 4.69) is 102 Å². The lowest BCUT2D eigenvalue weighted by atomic mass is 9.77. The van der Waals surface area contributed by atoms with Crippen molar-refractivity contribution < 1.29 is 14.3 Å². The van der Waals surface area contributed by atoms with Gasteiger partial charge in [-0.25, -0.2) is 5.48 Å². The second-order valence-electron chi connectivity index (χ2n) is 7.35. The Kier molecular flexibility index (Phi) is 10.4. The summed E-state index contributed by atoms with van der Waals surface area (Å²) in [6.45, 7) is 6.25. The van der Waals surface area contributed by atoms with Gasteiger partial charge in [0.15, 0.2) is 0 Å². The first-order valence-electron chi connectivity index (χ1n) is 11.3. The van der Waals surface area contributed by atoms with Gasteiger partial charge in [-0.1, -0.05) is 97.9 Å². The van der Waals surface area contributed by atoms with Gasteiger partial charge in [-0.15, -0.1) is 0 Å². The van der Waals surface area contributed by atoms with Gasteiger partial charge in [0.25, 0.3) is 0 Å². The molecule has 0 saturated carbocycles. The summed E-state index contributed by atoms with van der Waals surface area (Å²) in [5.41, 5.74) is 5.92. The van der Waals surface area contributed by atoms with Gasteiger partial charge in [0, 0.05) is 13.1 Å². The zero-order valence-corrected chi connectivity index (χ0v) is 18.8. The van der Waals surface area contributed by atoms with E-state index >= 15 is 0 Å². The molecule has 0 aliphatic rings. The average Bonchev–Trinajstić information content (AvgIpc) is 2.87. The Labute approximate surface area is 191 Å². The highest BCUT2D eigenvalue weighted by atomic mass is 16.7. The van der Waals surface area contributed by atoms with Crippen molar-refractivity contribution in [2.75, 3.05) is 46.1 Å². The molecule has 0 saturated heterocycles. The van der Waals surface area contributed by atoms with E-state index in [1.54, 1.807) is 0 Å². The largest absolute Gasteiger partial charge is 0.378 e. The van der Waals surface area contributed by atoms with E-state index in [9.17, 15) is 0 Å². The van der Waals surface area contributed by atoms with Gasteiger partial charge in [-0.05, 0) is 16.7 Å². The summed E-state index contributed by atoms with van der Waals surface area (Å²) in [5.74, 6) is 0. The maximum Gasteiger partial charge on any atom is 0.0948 e. The molecule has 0 spiro atoms. The summed E-state index contributed by atoms with van der Waals surface area (Å²) < 4.78 is 11.3. The van der Waals surface area contributed by atoms with Crippen LogP contribution in [0.2, 0.25) is 0 Å². The monoisotopic (exact) mass is 434 g/mol. The molecule has 0 aromatic heterocycles. The second kappa shape index (κ2) is 13.8. The molecule has 3 aromatic rings. The minimum Gasteiger partial charge on any atom is -0.378 e. The molecule has 0 fully saturated rings. The summed E-state index contributed by atoms with van der Waals surface area (Å²) in [6.07, 6.45) is 0.